The summed E-state index contributed by atoms with van der Waals surface area (Å²) in [6.07, 6.45) is 6.33. The molecule has 2 aliphatic rings. The molecule has 21 heavy (non-hydrogen) atoms. The number of amides is 2. The summed E-state index contributed by atoms with van der Waals surface area (Å²) < 4.78 is 5.29. The van der Waals surface area contributed by atoms with Crippen molar-refractivity contribution >= 4 is 12.0 Å². The first-order valence-electron chi connectivity index (χ1n) is 7.87. The summed E-state index contributed by atoms with van der Waals surface area (Å²) in [5, 5.41) is 12.2. The smallest absolute Gasteiger partial charge is 0.317 e. The zero-order chi connectivity index (χ0) is 15.3. The third kappa shape index (κ3) is 4.09. The molecule has 1 heterocycles. The van der Waals surface area contributed by atoms with Crippen molar-refractivity contribution < 1.29 is 19.4 Å². The molecule has 1 saturated heterocycles. The monoisotopic (exact) mass is 298 g/mol. The van der Waals surface area contributed by atoms with Gasteiger partial charge in [-0.2, -0.15) is 0 Å². The molecule has 0 atom stereocenters. The molecule has 120 valence electrons. The van der Waals surface area contributed by atoms with Crippen LogP contribution >= 0.6 is 0 Å². The third-order valence-corrected chi connectivity index (χ3v) is 4.83. The third-order valence-electron chi connectivity index (χ3n) is 4.83. The lowest BCUT2D eigenvalue weighted by Gasteiger charge is -2.44. The molecule has 1 saturated carbocycles. The van der Waals surface area contributed by atoms with Crippen molar-refractivity contribution in [3.8, 4) is 0 Å². The molecule has 1 aliphatic carbocycles. The van der Waals surface area contributed by atoms with Crippen LogP contribution in [0.15, 0.2) is 0 Å². The van der Waals surface area contributed by atoms with E-state index in [-0.39, 0.29) is 18.5 Å². The molecule has 0 spiro atoms. The van der Waals surface area contributed by atoms with Crippen LogP contribution in [0.2, 0.25) is 0 Å². The molecule has 0 aromatic heterocycles. The SMILES string of the molecule is CN(C(=O)NC1CCOCC1)C1(CC(=O)O)CCCCC1. The second-order valence-electron chi connectivity index (χ2n) is 6.25. The summed E-state index contributed by atoms with van der Waals surface area (Å²) in [7, 11) is 1.74. The van der Waals surface area contributed by atoms with Crippen LogP contribution < -0.4 is 5.32 Å². The van der Waals surface area contributed by atoms with Gasteiger partial charge in [0.2, 0.25) is 0 Å². The minimum Gasteiger partial charge on any atom is -0.481 e. The van der Waals surface area contributed by atoms with Crippen molar-refractivity contribution in [1.29, 1.82) is 0 Å². The second-order valence-corrected chi connectivity index (χ2v) is 6.25. The van der Waals surface area contributed by atoms with Gasteiger partial charge >= 0.3 is 12.0 Å². The Morgan fingerprint density at radius 3 is 2.43 bits per heavy atom. The standard InChI is InChI=1S/C15H26N2O4/c1-17(14(20)16-12-5-9-21-10-6-12)15(11-13(18)19)7-3-2-4-8-15/h12H,2-11H2,1H3,(H,16,20)(H,18,19). The molecular weight excluding hydrogens is 272 g/mol. The lowest BCUT2D eigenvalue weighted by molar-refractivity contribution is -0.140. The number of urea groups is 1. The Morgan fingerprint density at radius 2 is 1.86 bits per heavy atom. The lowest BCUT2D eigenvalue weighted by Crippen LogP contribution is -2.57. The Kier molecular flexibility index (Phi) is 5.45. The maximum absolute atomic E-state index is 12.5. The van der Waals surface area contributed by atoms with Gasteiger partial charge in [-0.15, -0.1) is 0 Å². The van der Waals surface area contributed by atoms with Crippen LogP contribution in [-0.2, 0) is 9.53 Å². The van der Waals surface area contributed by atoms with Gasteiger partial charge in [-0.1, -0.05) is 19.3 Å². The van der Waals surface area contributed by atoms with Crippen LogP contribution in [0, 0.1) is 0 Å². The fourth-order valence-electron chi connectivity index (χ4n) is 3.45. The number of nitrogens with one attached hydrogen (secondary N) is 1. The zero-order valence-corrected chi connectivity index (χ0v) is 12.8. The van der Waals surface area contributed by atoms with Crippen LogP contribution in [0.5, 0.6) is 0 Å². The molecule has 1 aliphatic heterocycles. The zero-order valence-electron chi connectivity index (χ0n) is 12.8. The quantitative estimate of drug-likeness (QED) is 0.832. The average Bonchev–Trinajstić information content (AvgIpc) is 2.47. The summed E-state index contributed by atoms with van der Waals surface area (Å²) in [5.74, 6) is -0.831. The first-order valence-corrected chi connectivity index (χ1v) is 7.87. The molecule has 6 nitrogen and oxygen atoms in total. The van der Waals surface area contributed by atoms with Gasteiger partial charge in [-0.05, 0) is 25.7 Å². The van der Waals surface area contributed by atoms with Gasteiger partial charge in [0, 0.05) is 26.3 Å². The van der Waals surface area contributed by atoms with E-state index in [0.717, 1.165) is 44.9 Å². The first kappa shape index (κ1) is 16.1. The van der Waals surface area contributed by atoms with Crippen molar-refractivity contribution in [1.82, 2.24) is 10.2 Å². The highest BCUT2D eigenvalue weighted by Gasteiger charge is 2.40. The summed E-state index contributed by atoms with van der Waals surface area (Å²) in [6, 6.07) is -0.00998. The first-order chi connectivity index (χ1) is 10.0. The van der Waals surface area contributed by atoms with Gasteiger partial charge in [-0.25, -0.2) is 4.79 Å². The largest absolute Gasteiger partial charge is 0.481 e. The number of carbonyl (C=O) groups is 2. The van der Waals surface area contributed by atoms with E-state index in [1.807, 2.05) is 0 Å². The predicted octanol–water partition coefficient (Wildman–Crippen LogP) is 1.98. The number of carboxylic acid groups (broad SMARTS) is 1. The Morgan fingerprint density at radius 1 is 1.24 bits per heavy atom. The Bertz CT molecular complexity index is 374. The van der Waals surface area contributed by atoms with E-state index in [4.69, 9.17) is 4.74 Å². The van der Waals surface area contributed by atoms with Crippen LogP contribution in [0.1, 0.15) is 51.4 Å². The molecular formula is C15H26N2O4. The van der Waals surface area contributed by atoms with E-state index in [0.29, 0.717) is 13.2 Å². The minimum absolute atomic E-state index is 0.0324. The molecule has 0 unspecified atom stereocenters. The maximum Gasteiger partial charge on any atom is 0.317 e. The van der Waals surface area contributed by atoms with Gasteiger partial charge < -0.3 is 20.1 Å². The summed E-state index contributed by atoms with van der Waals surface area (Å²) in [5.41, 5.74) is -0.528. The van der Waals surface area contributed by atoms with Gasteiger partial charge in [0.25, 0.3) is 0 Å². The van der Waals surface area contributed by atoms with Crippen LogP contribution in [0.4, 0.5) is 4.79 Å². The van der Waals surface area contributed by atoms with E-state index >= 15 is 0 Å². The minimum atomic E-state index is -0.831. The van der Waals surface area contributed by atoms with Gasteiger partial charge in [-0.3, -0.25) is 4.79 Å². The topological polar surface area (TPSA) is 78.9 Å². The van der Waals surface area contributed by atoms with E-state index in [1.165, 1.54) is 0 Å². The molecule has 0 aromatic rings. The number of hydrogen-bond acceptors (Lipinski definition) is 3. The summed E-state index contributed by atoms with van der Waals surface area (Å²) in [4.78, 5) is 25.3. The average molecular weight is 298 g/mol. The number of hydrogen-bond donors (Lipinski definition) is 2. The fourth-order valence-corrected chi connectivity index (χ4v) is 3.45. The van der Waals surface area contributed by atoms with Crippen molar-refractivity contribution in [2.24, 2.45) is 0 Å². The Balaban J connectivity index is 2.00. The van der Waals surface area contributed by atoms with Crippen molar-refractivity contribution in [3.63, 3.8) is 0 Å². The van der Waals surface area contributed by atoms with Crippen LogP contribution in [0.3, 0.4) is 0 Å². The van der Waals surface area contributed by atoms with Crippen molar-refractivity contribution in [2.75, 3.05) is 20.3 Å². The molecule has 6 heteroatoms. The molecule has 0 aromatic carbocycles. The second kappa shape index (κ2) is 7.11. The molecule has 2 fully saturated rings. The number of rotatable bonds is 4. The maximum atomic E-state index is 12.5. The lowest BCUT2D eigenvalue weighted by atomic mass is 9.78. The van der Waals surface area contributed by atoms with Gasteiger partial charge in [0.1, 0.15) is 0 Å². The van der Waals surface area contributed by atoms with Gasteiger partial charge in [0.05, 0.1) is 12.0 Å². The Hall–Kier alpha value is -1.30. The van der Waals surface area contributed by atoms with E-state index in [2.05, 4.69) is 5.32 Å². The van der Waals surface area contributed by atoms with E-state index < -0.39 is 11.5 Å². The number of carbonyl (C=O) groups excluding carboxylic acids is 1. The highest BCUT2D eigenvalue weighted by molar-refractivity contribution is 5.77. The van der Waals surface area contributed by atoms with Crippen LogP contribution in [-0.4, -0.2) is 53.8 Å². The highest BCUT2D eigenvalue weighted by atomic mass is 16.5. The molecule has 2 rings (SSSR count). The number of aliphatic carboxylic acids is 1. The highest BCUT2D eigenvalue weighted by Crippen LogP contribution is 2.36. The van der Waals surface area contributed by atoms with Crippen LogP contribution in [0.25, 0.3) is 0 Å². The van der Waals surface area contributed by atoms with E-state index in [9.17, 15) is 14.7 Å². The van der Waals surface area contributed by atoms with Crippen molar-refractivity contribution in [3.05, 3.63) is 0 Å². The molecule has 0 radical (unpaired) electrons. The molecule has 2 amide bonds. The molecule has 2 N–H and O–H groups in total. The summed E-state index contributed by atoms with van der Waals surface area (Å²) in [6.45, 7) is 1.35. The number of ether oxygens (including phenoxy) is 1. The Labute approximate surface area is 125 Å². The summed E-state index contributed by atoms with van der Waals surface area (Å²) >= 11 is 0. The fraction of sp³-hybridized carbons (Fsp3) is 0.867. The number of carboxylic acids is 1. The number of nitrogens with zero attached hydrogens (tertiary/aromatic N) is 1. The van der Waals surface area contributed by atoms with Gasteiger partial charge in [0.15, 0.2) is 0 Å². The molecule has 0 bridgehead atoms. The normalized spacial score (nSPS) is 22.5. The van der Waals surface area contributed by atoms with Crippen molar-refractivity contribution in [2.45, 2.75) is 62.9 Å². The predicted molar refractivity (Wildman–Crippen MR) is 78.2 cm³/mol. The van der Waals surface area contributed by atoms with E-state index in [1.54, 1.807) is 11.9 Å².